The van der Waals surface area contributed by atoms with Crippen molar-refractivity contribution in [3.63, 3.8) is 0 Å². The number of amides is 2. The van der Waals surface area contributed by atoms with Crippen molar-refractivity contribution in [1.29, 1.82) is 0 Å². The van der Waals surface area contributed by atoms with Crippen molar-refractivity contribution < 1.29 is 14.3 Å². The van der Waals surface area contributed by atoms with Crippen molar-refractivity contribution in [2.45, 2.75) is 39.3 Å². The van der Waals surface area contributed by atoms with Gasteiger partial charge in [0.05, 0.1) is 6.04 Å². The minimum atomic E-state index is -0.579. The van der Waals surface area contributed by atoms with Crippen LogP contribution in [0.5, 0.6) is 0 Å². The Labute approximate surface area is 148 Å². The summed E-state index contributed by atoms with van der Waals surface area (Å²) in [5, 5.41) is 5.59. The van der Waals surface area contributed by atoms with Gasteiger partial charge in [-0.15, -0.1) is 0 Å². The highest BCUT2D eigenvalue weighted by Crippen LogP contribution is 2.16. The van der Waals surface area contributed by atoms with Gasteiger partial charge in [-0.3, -0.25) is 10.1 Å². The number of rotatable bonds is 4. The molecular formula is C20H24N2O3. The number of benzene rings is 2. The summed E-state index contributed by atoms with van der Waals surface area (Å²) in [7, 11) is 0. The predicted molar refractivity (Wildman–Crippen MR) is 98.6 cm³/mol. The van der Waals surface area contributed by atoms with Gasteiger partial charge in [0.25, 0.3) is 5.91 Å². The van der Waals surface area contributed by atoms with Crippen molar-refractivity contribution in [2.24, 2.45) is 0 Å². The number of carbonyl (C=O) groups is 2. The van der Waals surface area contributed by atoms with Gasteiger partial charge in [0.2, 0.25) is 0 Å². The van der Waals surface area contributed by atoms with Gasteiger partial charge < -0.3 is 10.1 Å². The van der Waals surface area contributed by atoms with E-state index in [0.717, 1.165) is 5.56 Å². The molecule has 0 unspecified atom stereocenters. The largest absolute Gasteiger partial charge is 0.444 e. The topological polar surface area (TPSA) is 67.4 Å². The third kappa shape index (κ3) is 5.95. The molecule has 5 heteroatoms. The van der Waals surface area contributed by atoms with Crippen molar-refractivity contribution in [2.75, 3.05) is 5.32 Å². The molecule has 0 fully saturated rings. The normalized spacial score (nSPS) is 12.2. The lowest BCUT2D eigenvalue weighted by Gasteiger charge is -2.20. The lowest BCUT2D eigenvalue weighted by molar-refractivity contribution is 0.0635. The second-order valence-corrected chi connectivity index (χ2v) is 6.81. The molecule has 0 aromatic heterocycles. The predicted octanol–water partition coefficient (Wildman–Crippen LogP) is 4.52. The second kappa shape index (κ2) is 7.83. The van der Waals surface area contributed by atoms with E-state index in [4.69, 9.17) is 4.74 Å². The molecule has 1 atom stereocenters. The summed E-state index contributed by atoms with van der Waals surface area (Å²) in [6, 6.07) is 16.4. The van der Waals surface area contributed by atoms with Crippen LogP contribution in [0.15, 0.2) is 54.6 Å². The van der Waals surface area contributed by atoms with E-state index in [-0.39, 0.29) is 11.9 Å². The molecule has 25 heavy (non-hydrogen) atoms. The maximum atomic E-state index is 12.4. The van der Waals surface area contributed by atoms with Crippen molar-refractivity contribution in [1.82, 2.24) is 5.32 Å². The van der Waals surface area contributed by atoms with Gasteiger partial charge in [-0.1, -0.05) is 36.4 Å². The van der Waals surface area contributed by atoms with Crippen molar-refractivity contribution in [3.05, 3.63) is 65.7 Å². The zero-order valence-electron chi connectivity index (χ0n) is 15.0. The molecule has 0 heterocycles. The summed E-state index contributed by atoms with van der Waals surface area (Å²) >= 11 is 0. The number of nitrogens with one attached hydrogen (secondary N) is 2. The lowest BCUT2D eigenvalue weighted by Crippen LogP contribution is -2.28. The molecular weight excluding hydrogens is 316 g/mol. The quantitative estimate of drug-likeness (QED) is 0.859. The molecule has 0 aliphatic rings. The number of carbonyl (C=O) groups excluding carboxylic acids is 2. The van der Waals surface area contributed by atoms with E-state index in [9.17, 15) is 9.59 Å². The van der Waals surface area contributed by atoms with E-state index in [2.05, 4.69) is 10.6 Å². The summed E-state index contributed by atoms with van der Waals surface area (Å²) in [6.45, 7) is 7.31. The molecule has 2 rings (SSSR count). The number of hydrogen-bond donors (Lipinski definition) is 2. The minimum Gasteiger partial charge on any atom is -0.444 e. The van der Waals surface area contributed by atoms with Gasteiger partial charge >= 0.3 is 6.09 Å². The Bertz CT molecular complexity index is 736. The summed E-state index contributed by atoms with van der Waals surface area (Å²) in [6.07, 6.45) is -0.553. The molecule has 0 spiro atoms. The Morgan fingerprint density at radius 1 is 1.00 bits per heavy atom. The third-order valence-electron chi connectivity index (χ3n) is 3.42. The highest BCUT2D eigenvalue weighted by Gasteiger charge is 2.17. The SMILES string of the molecule is C[C@H](NC(=O)c1cccc(NC(=O)OC(C)(C)C)c1)c1ccccc1. The Morgan fingerprint density at radius 2 is 1.68 bits per heavy atom. The zero-order chi connectivity index (χ0) is 18.4. The summed E-state index contributed by atoms with van der Waals surface area (Å²) < 4.78 is 5.21. The fourth-order valence-corrected chi connectivity index (χ4v) is 2.26. The molecule has 0 radical (unpaired) electrons. The van der Waals surface area contributed by atoms with Gasteiger partial charge in [-0.2, -0.15) is 0 Å². The summed E-state index contributed by atoms with van der Waals surface area (Å²) in [5.74, 6) is -0.204. The van der Waals surface area contributed by atoms with Crippen molar-refractivity contribution in [3.8, 4) is 0 Å². The average Bonchev–Trinajstić information content (AvgIpc) is 2.54. The number of anilines is 1. The van der Waals surface area contributed by atoms with Gasteiger partial charge in [0.1, 0.15) is 5.60 Å². The fourth-order valence-electron chi connectivity index (χ4n) is 2.26. The van der Waals surface area contributed by atoms with Crippen LogP contribution in [0, 0.1) is 0 Å². The summed E-state index contributed by atoms with van der Waals surface area (Å²) in [5.41, 5.74) is 1.42. The lowest BCUT2D eigenvalue weighted by atomic mass is 10.1. The van der Waals surface area contributed by atoms with Gasteiger partial charge in [0, 0.05) is 11.3 Å². The van der Waals surface area contributed by atoms with Gasteiger partial charge in [0.15, 0.2) is 0 Å². The molecule has 5 nitrogen and oxygen atoms in total. The van der Waals surface area contributed by atoms with Crippen LogP contribution in [-0.4, -0.2) is 17.6 Å². The maximum absolute atomic E-state index is 12.4. The zero-order valence-corrected chi connectivity index (χ0v) is 15.0. The second-order valence-electron chi connectivity index (χ2n) is 6.81. The summed E-state index contributed by atoms with van der Waals surface area (Å²) in [4.78, 5) is 24.3. The van der Waals surface area contributed by atoms with E-state index in [0.29, 0.717) is 11.3 Å². The van der Waals surface area contributed by atoms with E-state index in [1.807, 2.05) is 37.3 Å². The molecule has 2 aromatic rings. The monoisotopic (exact) mass is 340 g/mol. The molecule has 2 N–H and O–H groups in total. The first-order valence-electron chi connectivity index (χ1n) is 8.20. The first-order valence-corrected chi connectivity index (χ1v) is 8.20. The Hall–Kier alpha value is -2.82. The molecule has 0 saturated heterocycles. The van der Waals surface area contributed by atoms with Crippen LogP contribution in [0.4, 0.5) is 10.5 Å². The van der Waals surface area contributed by atoms with Crippen LogP contribution >= 0.6 is 0 Å². The Kier molecular flexibility index (Phi) is 5.80. The fraction of sp³-hybridized carbons (Fsp3) is 0.300. The first-order chi connectivity index (χ1) is 11.7. The van der Waals surface area contributed by atoms with Crippen LogP contribution in [-0.2, 0) is 4.74 Å². The Morgan fingerprint density at radius 3 is 2.32 bits per heavy atom. The van der Waals surface area contributed by atoms with Crippen molar-refractivity contribution >= 4 is 17.7 Å². The van der Waals surface area contributed by atoms with E-state index < -0.39 is 11.7 Å². The average molecular weight is 340 g/mol. The standard InChI is InChI=1S/C20H24N2O3/c1-14(15-9-6-5-7-10-15)21-18(23)16-11-8-12-17(13-16)22-19(24)25-20(2,3)4/h5-14H,1-4H3,(H,21,23)(H,22,24)/t14-/m0/s1. The van der Waals surface area contributed by atoms with Crippen LogP contribution < -0.4 is 10.6 Å². The number of hydrogen-bond acceptors (Lipinski definition) is 3. The minimum absolute atomic E-state index is 0.115. The van der Waals surface area contributed by atoms with Crippen LogP contribution in [0.3, 0.4) is 0 Å². The third-order valence-corrected chi connectivity index (χ3v) is 3.42. The molecule has 0 saturated carbocycles. The number of ether oxygens (including phenoxy) is 1. The highest BCUT2D eigenvalue weighted by molar-refractivity contribution is 5.96. The maximum Gasteiger partial charge on any atom is 0.412 e. The molecule has 2 amide bonds. The molecule has 0 aliphatic carbocycles. The highest BCUT2D eigenvalue weighted by atomic mass is 16.6. The molecule has 0 aliphatic heterocycles. The first kappa shape index (κ1) is 18.5. The van der Waals surface area contributed by atoms with Crippen LogP contribution in [0.25, 0.3) is 0 Å². The van der Waals surface area contributed by atoms with Crippen LogP contribution in [0.1, 0.15) is 49.7 Å². The van der Waals surface area contributed by atoms with E-state index in [1.165, 1.54) is 0 Å². The smallest absolute Gasteiger partial charge is 0.412 e. The molecule has 2 aromatic carbocycles. The van der Waals surface area contributed by atoms with Crippen LogP contribution in [0.2, 0.25) is 0 Å². The molecule has 132 valence electrons. The van der Waals surface area contributed by atoms with E-state index in [1.54, 1.807) is 45.0 Å². The van der Waals surface area contributed by atoms with Gasteiger partial charge in [-0.25, -0.2) is 4.79 Å². The van der Waals surface area contributed by atoms with Gasteiger partial charge in [-0.05, 0) is 51.5 Å². The molecule has 0 bridgehead atoms. The Balaban J connectivity index is 2.02. The van der Waals surface area contributed by atoms with E-state index >= 15 is 0 Å².